The SMILES string of the molecule is COc1ccc(NC(=O)c2cc3ccccc3oc2=NNS(=O)(=O)c2ccc(C)cc2)c(OC)c1. The van der Waals surface area contributed by atoms with Gasteiger partial charge in [-0.05, 0) is 43.3 Å². The van der Waals surface area contributed by atoms with Gasteiger partial charge in [-0.3, -0.25) is 4.79 Å². The number of benzene rings is 3. The van der Waals surface area contributed by atoms with Crippen molar-refractivity contribution in [2.45, 2.75) is 11.8 Å². The van der Waals surface area contributed by atoms with E-state index >= 15 is 0 Å². The molecule has 9 nitrogen and oxygen atoms in total. The lowest BCUT2D eigenvalue weighted by atomic mass is 10.1. The van der Waals surface area contributed by atoms with Crippen LogP contribution in [0.15, 0.2) is 87.2 Å². The molecule has 4 rings (SSSR count). The molecule has 4 aromatic rings. The number of ether oxygens (including phenoxy) is 2. The lowest BCUT2D eigenvalue weighted by Crippen LogP contribution is -2.27. The summed E-state index contributed by atoms with van der Waals surface area (Å²) >= 11 is 0. The van der Waals surface area contributed by atoms with E-state index in [1.165, 1.54) is 26.4 Å². The first-order valence-corrected chi connectivity index (χ1v) is 12.0. The van der Waals surface area contributed by atoms with E-state index in [1.54, 1.807) is 60.7 Å². The number of aryl methyl sites for hydroxylation is 1. The van der Waals surface area contributed by atoms with Crippen LogP contribution in [0.3, 0.4) is 0 Å². The maximum absolute atomic E-state index is 13.2. The number of methoxy groups -OCH3 is 2. The molecule has 180 valence electrons. The molecule has 0 spiro atoms. The smallest absolute Gasteiger partial charge is 0.276 e. The zero-order chi connectivity index (χ0) is 25.0. The van der Waals surface area contributed by atoms with Crippen molar-refractivity contribution >= 4 is 32.6 Å². The third kappa shape index (κ3) is 5.28. The predicted octanol–water partition coefficient (Wildman–Crippen LogP) is 3.80. The van der Waals surface area contributed by atoms with Gasteiger partial charge in [0.2, 0.25) is 5.55 Å². The van der Waals surface area contributed by atoms with Crippen LogP contribution in [0, 0.1) is 6.92 Å². The molecule has 35 heavy (non-hydrogen) atoms. The first-order valence-electron chi connectivity index (χ1n) is 10.5. The standard InChI is InChI=1S/C25H23N3O6S/c1-16-8-11-19(12-9-16)35(30,31)28-27-25-20(14-17-6-4-5-7-22(17)34-25)24(29)26-21-13-10-18(32-2)15-23(21)33-3/h4-15,28H,1-3H3,(H,26,29). The van der Waals surface area contributed by atoms with Crippen molar-refractivity contribution in [1.82, 2.24) is 4.83 Å². The summed E-state index contributed by atoms with van der Waals surface area (Å²) in [6, 6.07) is 19.8. The van der Waals surface area contributed by atoms with Gasteiger partial charge >= 0.3 is 0 Å². The molecule has 0 saturated carbocycles. The molecule has 1 heterocycles. The highest BCUT2D eigenvalue weighted by Crippen LogP contribution is 2.29. The molecule has 0 bridgehead atoms. The van der Waals surface area contributed by atoms with Crippen LogP contribution in [0.2, 0.25) is 0 Å². The largest absolute Gasteiger partial charge is 0.497 e. The average Bonchev–Trinajstić information content (AvgIpc) is 2.87. The van der Waals surface area contributed by atoms with Crippen LogP contribution in [-0.4, -0.2) is 28.5 Å². The lowest BCUT2D eigenvalue weighted by Gasteiger charge is -2.12. The Morgan fingerprint density at radius 2 is 1.69 bits per heavy atom. The van der Waals surface area contributed by atoms with Gasteiger partial charge in [-0.1, -0.05) is 35.9 Å². The number of amides is 1. The maximum atomic E-state index is 13.2. The molecule has 0 fully saturated rings. The molecule has 1 aromatic heterocycles. The highest BCUT2D eigenvalue weighted by Gasteiger charge is 2.17. The number of sulfonamides is 1. The third-order valence-electron chi connectivity index (χ3n) is 5.16. The van der Waals surface area contributed by atoms with Crippen LogP contribution < -0.4 is 25.2 Å². The van der Waals surface area contributed by atoms with Crippen LogP contribution in [0.1, 0.15) is 15.9 Å². The number of nitrogens with zero attached hydrogens (tertiary/aromatic N) is 1. The van der Waals surface area contributed by atoms with Gasteiger partial charge in [0.05, 0.1) is 24.8 Å². The number of nitrogens with one attached hydrogen (secondary N) is 2. The number of hydrogen-bond acceptors (Lipinski definition) is 7. The first-order chi connectivity index (χ1) is 16.8. The first kappa shape index (κ1) is 23.8. The third-order valence-corrected chi connectivity index (χ3v) is 6.38. The summed E-state index contributed by atoms with van der Waals surface area (Å²) in [6.45, 7) is 1.85. The number of carbonyl (C=O) groups is 1. The van der Waals surface area contributed by atoms with E-state index in [0.717, 1.165) is 5.56 Å². The topological polar surface area (TPSA) is 119 Å². The fourth-order valence-corrected chi connectivity index (χ4v) is 4.08. The average molecular weight is 494 g/mol. The van der Waals surface area contributed by atoms with E-state index in [2.05, 4.69) is 15.2 Å². The van der Waals surface area contributed by atoms with Gasteiger partial charge in [-0.25, -0.2) is 0 Å². The van der Waals surface area contributed by atoms with Crippen LogP contribution >= 0.6 is 0 Å². The summed E-state index contributed by atoms with van der Waals surface area (Å²) < 4.78 is 41.8. The molecule has 2 N–H and O–H groups in total. The Bertz CT molecular complexity index is 1560. The Morgan fingerprint density at radius 1 is 0.943 bits per heavy atom. The van der Waals surface area contributed by atoms with Crippen molar-refractivity contribution in [3.8, 4) is 11.5 Å². The molecule has 0 aliphatic heterocycles. The van der Waals surface area contributed by atoms with Gasteiger partial charge in [0.1, 0.15) is 22.6 Å². The molecule has 0 radical (unpaired) electrons. The van der Waals surface area contributed by atoms with Crippen LogP contribution in [-0.2, 0) is 10.0 Å². The Labute approximate surface area is 202 Å². The van der Waals surface area contributed by atoms with Crippen molar-refractivity contribution in [3.05, 3.63) is 89.5 Å². The predicted molar refractivity (Wildman–Crippen MR) is 131 cm³/mol. The molecule has 0 aliphatic rings. The summed E-state index contributed by atoms with van der Waals surface area (Å²) in [5, 5.41) is 7.33. The van der Waals surface area contributed by atoms with Gasteiger partial charge in [0.25, 0.3) is 15.9 Å². The van der Waals surface area contributed by atoms with Gasteiger partial charge in [-0.2, -0.15) is 13.2 Å². The quantitative estimate of drug-likeness (QED) is 0.378. The summed E-state index contributed by atoms with van der Waals surface area (Å²) in [5.41, 5.74) is 1.55. The number of para-hydroxylation sites is 1. The molecule has 0 aliphatic carbocycles. The minimum Gasteiger partial charge on any atom is -0.497 e. The number of carbonyl (C=O) groups excluding carboxylic acids is 1. The van der Waals surface area contributed by atoms with Gasteiger partial charge in [0, 0.05) is 11.5 Å². The molecule has 1 amide bonds. The summed E-state index contributed by atoms with van der Waals surface area (Å²) in [7, 11) is -0.999. The minimum absolute atomic E-state index is 0.0215. The molecule has 0 atom stereocenters. The fourth-order valence-electron chi connectivity index (χ4n) is 3.28. The molecule has 0 saturated heterocycles. The van der Waals surface area contributed by atoms with E-state index in [0.29, 0.717) is 28.2 Å². The second-order valence-electron chi connectivity index (χ2n) is 7.54. The zero-order valence-electron chi connectivity index (χ0n) is 19.2. The summed E-state index contributed by atoms with van der Waals surface area (Å²) in [6.07, 6.45) is 0. The van der Waals surface area contributed by atoms with E-state index < -0.39 is 15.9 Å². The normalized spacial score (nSPS) is 11.8. The number of hydrogen-bond donors (Lipinski definition) is 2. The van der Waals surface area contributed by atoms with Crippen molar-refractivity contribution < 1.29 is 27.1 Å². The minimum atomic E-state index is -3.99. The van der Waals surface area contributed by atoms with Crippen molar-refractivity contribution in [1.29, 1.82) is 0 Å². The number of fused-ring (bicyclic) bond motifs is 1. The highest BCUT2D eigenvalue weighted by molar-refractivity contribution is 7.89. The molecular weight excluding hydrogens is 470 g/mol. The second kappa shape index (κ2) is 9.90. The molecule has 10 heteroatoms. The van der Waals surface area contributed by atoms with Crippen molar-refractivity contribution in [2.75, 3.05) is 19.5 Å². The van der Waals surface area contributed by atoms with E-state index in [9.17, 15) is 13.2 Å². The van der Waals surface area contributed by atoms with Crippen LogP contribution in [0.25, 0.3) is 11.0 Å². The molecule has 3 aromatic carbocycles. The summed E-state index contributed by atoms with van der Waals surface area (Å²) in [4.78, 5) is 15.4. The highest BCUT2D eigenvalue weighted by atomic mass is 32.2. The fraction of sp³-hybridized carbons (Fsp3) is 0.120. The van der Waals surface area contributed by atoms with Crippen LogP contribution in [0.4, 0.5) is 5.69 Å². The summed E-state index contributed by atoms with van der Waals surface area (Å²) in [5.74, 6) is 0.368. The van der Waals surface area contributed by atoms with Crippen LogP contribution in [0.5, 0.6) is 11.5 Å². The van der Waals surface area contributed by atoms with Crippen molar-refractivity contribution in [2.24, 2.45) is 5.10 Å². The van der Waals surface area contributed by atoms with Crippen molar-refractivity contribution in [3.63, 3.8) is 0 Å². The second-order valence-corrected chi connectivity index (χ2v) is 9.20. The van der Waals surface area contributed by atoms with E-state index in [4.69, 9.17) is 13.9 Å². The van der Waals surface area contributed by atoms with Gasteiger partial charge in [-0.15, -0.1) is 5.10 Å². The van der Waals surface area contributed by atoms with E-state index in [1.807, 2.05) is 6.92 Å². The maximum Gasteiger partial charge on any atom is 0.276 e. The molecular formula is C25H23N3O6S. The number of anilines is 1. The Balaban J connectivity index is 1.75. The van der Waals surface area contributed by atoms with E-state index in [-0.39, 0.29) is 16.0 Å². The van der Waals surface area contributed by atoms with Gasteiger partial charge < -0.3 is 19.2 Å². The van der Waals surface area contributed by atoms with Gasteiger partial charge in [0.15, 0.2) is 0 Å². The molecule has 0 unspecified atom stereocenters. The zero-order valence-corrected chi connectivity index (χ0v) is 20.0. The number of rotatable bonds is 7. The Hall–Kier alpha value is -4.31. The Kier molecular flexibility index (Phi) is 6.74. The monoisotopic (exact) mass is 493 g/mol. The Morgan fingerprint density at radius 3 is 2.40 bits per heavy atom. The lowest BCUT2D eigenvalue weighted by molar-refractivity contribution is 0.102.